The molecule has 0 aliphatic heterocycles. The smallest absolute Gasteiger partial charge is 0.0995 e. The summed E-state index contributed by atoms with van der Waals surface area (Å²) in [5.74, 6) is 0. The molecule has 1 heterocycles. The summed E-state index contributed by atoms with van der Waals surface area (Å²) in [7, 11) is 0. The molecule has 0 saturated heterocycles. The van der Waals surface area contributed by atoms with E-state index in [0.717, 1.165) is 34.4 Å². The van der Waals surface area contributed by atoms with Crippen LogP contribution in [-0.2, 0) is 17.1 Å². The zero-order valence-electron chi connectivity index (χ0n) is 9.87. The maximum atomic E-state index is 9.12. The van der Waals surface area contributed by atoms with Crippen molar-refractivity contribution in [1.82, 2.24) is 9.97 Å². The van der Waals surface area contributed by atoms with Crippen LogP contribution < -0.4 is 0 Å². The van der Waals surface area contributed by atoms with Gasteiger partial charge in [-0.05, 0) is 24.1 Å². The van der Waals surface area contributed by atoms with Gasteiger partial charge in [-0.15, -0.1) is 0 Å². The van der Waals surface area contributed by atoms with E-state index in [4.69, 9.17) is 5.26 Å². The Balaban J connectivity index is 2.74. The van der Waals surface area contributed by atoms with Gasteiger partial charge >= 0.3 is 0 Å². The van der Waals surface area contributed by atoms with Gasteiger partial charge in [0.25, 0.3) is 0 Å². The maximum Gasteiger partial charge on any atom is 0.0995 e. The molecule has 92 valence electrons. The largest absolute Gasteiger partial charge is 0.248 e. The minimum atomic E-state index is 0.661. The topological polar surface area (TPSA) is 49.6 Å². The molecule has 0 aliphatic rings. The predicted octanol–water partition coefficient (Wildman–Crippen LogP) is 3.85. The van der Waals surface area contributed by atoms with Crippen molar-refractivity contribution in [2.45, 2.75) is 24.0 Å². The van der Waals surface area contributed by atoms with Crippen LogP contribution in [0, 0.1) is 11.3 Å². The van der Waals surface area contributed by atoms with E-state index in [9.17, 15) is 0 Å². The Kier molecular flexibility index (Phi) is 4.31. The monoisotopic (exact) mass is 367 g/mol. The lowest BCUT2D eigenvalue weighted by atomic mass is 10.0. The highest BCUT2D eigenvalue weighted by Crippen LogP contribution is 2.21. The number of hydrogen-bond donors (Lipinski definition) is 0. The van der Waals surface area contributed by atoms with Crippen LogP contribution in [0.5, 0.6) is 0 Å². The van der Waals surface area contributed by atoms with Crippen LogP contribution in [0.1, 0.15) is 29.4 Å². The molecule has 0 saturated carbocycles. The Morgan fingerprint density at radius 1 is 1.11 bits per heavy atom. The highest BCUT2D eigenvalue weighted by molar-refractivity contribution is 9.09. The zero-order valence-corrected chi connectivity index (χ0v) is 13.0. The molecule has 3 nitrogen and oxygen atoms in total. The fraction of sp³-hybridized carbons (Fsp3) is 0.308. The molecule has 5 heteroatoms. The van der Waals surface area contributed by atoms with Gasteiger partial charge in [0.15, 0.2) is 0 Å². The SMILES string of the molecule is CCc1cc2nc(CBr)c(CBr)nc2cc1C#N. The highest BCUT2D eigenvalue weighted by Gasteiger charge is 2.10. The summed E-state index contributed by atoms with van der Waals surface area (Å²) in [4.78, 5) is 9.16. The number of alkyl halides is 2. The van der Waals surface area contributed by atoms with Crippen molar-refractivity contribution < 1.29 is 0 Å². The van der Waals surface area contributed by atoms with Crippen LogP contribution in [0.25, 0.3) is 11.0 Å². The Morgan fingerprint density at radius 3 is 2.11 bits per heavy atom. The number of fused-ring (bicyclic) bond motifs is 1. The Labute approximate surface area is 123 Å². The van der Waals surface area contributed by atoms with Crippen molar-refractivity contribution in [2.75, 3.05) is 0 Å². The van der Waals surface area contributed by atoms with Crippen molar-refractivity contribution in [2.24, 2.45) is 0 Å². The third-order valence-electron chi connectivity index (χ3n) is 2.80. The van der Waals surface area contributed by atoms with E-state index >= 15 is 0 Å². The van der Waals surface area contributed by atoms with Crippen LogP contribution in [-0.4, -0.2) is 9.97 Å². The molecule has 18 heavy (non-hydrogen) atoms. The van der Waals surface area contributed by atoms with Crippen LogP contribution in [0.2, 0.25) is 0 Å². The number of nitriles is 1. The summed E-state index contributed by atoms with van der Waals surface area (Å²) in [6.45, 7) is 2.04. The molecule has 0 amide bonds. The molecule has 0 bridgehead atoms. The van der Waals surface area contributed by atoms with Gasteiger partial charge in [-0.2, -0.15) is 5.26 Å². The van der Waals surface area contributed by atoms with E-state index in [1.54, 1.807) is 0 Å². The molecule has 0 N–H and O–H groups in total. The summed E-state index contributed by atoms with van der Waals surface area (Å²) in [5, 5.41) is 10.5. The molecule has 0 unspecified atom stereocenters. The molecule has 0 spiro atoms. The van der Waals surface area contributed by atoms with E-state index in [1.807, 2.05) is 19.1 Å². The molecule has 2 aromatic rings. The number of halogens is 2. The van der Waals surface area contributed by atoms with Gasteiger partial charge in [-0.1, -0.05) is 38.8 Å². The average molecular weight is 369 g/mol. The second-order valence-electron chi connectivity index (χ2n) is 3.85. The first-order chi connectivity index (χ1) is 8.73. The van der Waals surface area contributed by atoms with Gasteiger partial charge in [0.2, 0.25) is 0 Å². The number of rotatable bonds is 3. The molecule has 1 aromatic carbocycles. The van der Waals surface area contributed by atoms with Crippen LogP contribution in [0.4, 0.5) is 0 Å². The lowest BCUT2D eigenvalue weighted by Crippen LogP contribution is -2.00. The predicted molar refractivity (Wildman–Crippen MR) is 78.9 cm³/mol. The van der Waals surface area contributed by atoms with Crippen LogP contribution in [0.3, 0.4) is 0 Å². The summed E-state index contributed by atoms with van der Waals surface area (Å²) >= 11 is 6.83. The molecule has 0 aliphatic carbocycles. The van der Waals surface area contributed by atoms with E-state index < -0.39 is 0 Å². The van der Waals surface area contributed by atoms with Crippen LogP contribution >= 0.6 is 31.9 Å². The molecule has 2 rings (SSSR count). The minimum Gasteiger partial charge on any atom is -0.248 e. The molecule has 0 fully saturated rings. The van der Waals surface area contributed by atoms with Gasteiger partial charge < -0.3 is 0 Å². The quantitative estimate of drug-likeness (QED) is 0.773. The molecule has 0 atom stereocenters. The van der Waals surface area contributed by atoms with Gasteiger partial charge in [-0.25, -0.2) is 9.97 Å². The standard InChI is InChI=1S/C13H11Br2N3/c1-2-8-3-10-11(4-9(8)7-16)18-13(6-15)12(5-14)17-10/h3-4H,2,5-6H2,1H3. The van der Waals surface area contributed by atoms with Crippen LogP contribution in [0.15, 0.2) is 12.1 Å². The highest BCUT2D eigenvalue weighted by atomic mass is 79.9. The van der Waals surface area contributed by atoms with Crippen molar-refractivity contribution in [1.29, 1.82) is 5.26 Å². The number of benzene rings is 1. The van der Waals surface area contributed by atoms with Crippen molar-refractivity contribution in [3.63, 3.8) is 0 Å². The zero-order chi connectivity index (χ0) is 13.1. The Morgan fingerprint density at radius 2 is 1.67 bits per heavy atom. The molecular formula is C13H11Br2N3. The van der Waals surface area contributed by atoms with Gasteiger partial charge in [0, 0.05) is 10.7 Å². The van der Waals surface area contributed by atoms with Gasteiger partial charge in [0.05, 0.1) is 34.1 Å². The van der Waals surface area contributed by atoms with E-state index in [-0.39, 0.29) is 0 Å². The summed E-state index contributed by atoms with van der Waals surface area (Å²) in [6.07, 6.45) is 0.824. The lowest BCUT2D eigenvalue weighted by molar-refractivity contribution is 1.07. The van der Waals surface area contributed by atoms with Gasteiger partial charge in [0.1, 0.15) is 0 Å². The fourth-order valence-corrected chi connectivity index (χ4v) is 2.73. The van der Waals surface area contributed by atoms with E-state index in [0.29, 0.717) is 16.2 Å². The van der Waals surface area contributed by atoms with Crippen molar-refractivity contribution in [3.8, 4) is 6.07 Å². The number of aromatic nitrogens is 2. The summed E-state index contributed by atoms with van der Waals surface area (Å²) in [6, 6.07) is 6.00. The number of aryl methyl sites for hydroxylation is 1. The van der Waals surface area contributed by atoms with Gasteiger partial charge in [-0.3, -0.25) is 0 Å². The van der Waals surface area contributed by atoms with E-state index in [2.05, 4.69) is 47.9 Å². The number of nitrogens with zero attached hydrogens (tertiary/aromatic N) is 3. The summed E-state index contributed by atoms with van der Waals surface area (Å²) < 4.78 is 0. The minimum absolute atomic E-state index is 0.661. The fourth-order valence-electron chi connectivity index (χ4n) is 1.83. The maximum absolute atomic E-state index is 9.12. The lowest BCUT2D eigenvalue weighted by Gasteiger charge is -2.08. The van der Waals surface area contributed by atoms with E-state index in [1.165, 1.54) is 0 Å². The second-order valence-corrected chi connectivity index (χ2v) is 4.97. The molecule has 0 radical (unpaired) electrons. The molecule has 1 aromatic heterocycles. The molecular weight excluding hydrogens is 358 g/mol. The normalized spacial score (nSPS) is 10.6. The summed E-state index contributed by atoms with van der Waals surface area (Å²) in [5.41, 5.74) is 5.18. The first-order valence-corrected chi connectivity index (χ1v) is 7.82. The Bertz CT molecular complexity index is 632. The third-order valence-corrected chi connectivity index (χ3v) is 3.86. The second kappa shape index (κ2) is 5.77. The first kappa shape index (κ1) is 13.4. The first-order valence-electron chi connectivity index (χ1n) is 5.58. The third kappa shape index (κ3) is 2.40. The Hall–Kier alpha value is -0.990. The average Bonchev–Trinajstić information content (AvgIpc) is 2.43. The van der Waals surface area contributed by atoms with Crippen molar-refractivity contribution in [3.05, 3.63) is 34.6 Å². The number of hydrogen-bond acceptors (Lipinski definition) is 3. The van der Waals surface area contributed by atoms with Crippen molar-refractivity contribution >= 4 is 42.9 Å².